The molecule has 0 amide bonds. The van der Waals surface area contributed by atoms with Gasteiger partial charge in [-0.1, -0.05) is 45.9 Å². The van der Waals surface area contributed by atoms with Gasteiger partial charge in [0.1, 0.15) is 0 Å². The molecule has 0 aliphatic carbocycles. The Bertz CT molecular complexity index is 90.1. The molecule has 0 aromatic rings. The molecule has 0 aliphatic rings. The Morgan fingerprint density at radius 3 is 1.86 bits per heavy atom. The van der Waals surface area contributed by atoms with Crippen LogP contribution in [-0.4, -0.2) is 3.93 Å². The van der Waals surface area contributed by atoms with Crippen LogP contribution in [0.1, 0.15) is 0 Å². The summed E-state index contributed by atoms with van der Waals surface area (Å²) in [5, 5.41) is 8.10. The van der Waals surface area contributed by atoms with Crippen LogP contribution in [0.4, 0.5) is 0 Å². The molecule has 0 unspecified atom stereocenters. The Kier molecular flexibility index (Phi) is 3.76. The summed E-state index contributed by atoms with van der Waals surface area (Å²) in [6.45, 7) is 0. The van der Waals surface area contributed by atoms with Crippen LogP contribution < -0.4 is 0 Å². The molecule has 0 atom stereocenters. The third-order valence-corrected chi connectivity index (χ3v) is 3.36. The summed E-state index contributed by atoms with van der Waals surface area (Å²) >= 11 is 9.87. The summed E-state index contributed by atoms with van der Waals surface area (Å²) in [6, 6.07) is 2.56. The maximum atomic E-state index is 8.10. The van der Waals surface area contributed by atoms with Gasteiger partial charge in [0.2, 0.25) is 0 Å². The zero-order chi connectivity index (χ0) is 5.91. The Labute approximate surface area is 66.8 Å². The fourth-order valence-electron chi connectivity index (χ4n) is 0.0896. The molecule has 0 rings (SSSR count). The van der Waals surface area contributed by atoms with Gasteiger partial charge in [-0.2, -0.15) is 5.26 Å². The molecule has 0 aromatic heterocycles. The van der Waals surface area contributed by atoms with Crippen molar-refractivity contribution < 1.29 is 0 Å². The van der Waals surface area contributed by atoms with Gasteiger partial charge in [0, 0.05) is 0 Å². The van der Waals surface area contributed by atoms with E-state index in [0.717, 1.165) is 0 Å². The number of hydrogen-bond acceptors (Lipinski definition) is 1. The maximum Gasteiger partial charge on any atom is 0.280 e. The van der Waals surface area contributed by atoms with Crippen LogP contribution >= 0.6 is 45.9 Å². The Morgan fingerprint density at radius 2 is 1.86 bits per heavy atom. The molecule has 0 saturated carbocycles. The predicted octanol–water partition coefficient (Wildman–Crippen LogP) is 2.63. The van der Waals surface area contributed by atoms with Crippen molar-refractivity contribution >= 4 is 49.8 Å². The van der Waals surface area contributed by atoms with Gasteiger partial charge in [-0.25, -0.2) is 0 Å². The van der Waals surface area contributed by atoms with E-state index in [1.54, 1.807) is 0 Å². The molecular weight excluding hydrogens is 306 g/mol. The fourth-order valence-corrected chi connectivity index (χ4v) is 1.40. The van der Waals surface area contributed by atoms with Crippen molar-refractivity contribution in [1.29, 1.82) is 5.26 Å². The van der Waals surface area contributed by atoms with Crippen molar-refractivity contribution in [2.24, 2.45) is 0 Å². The highest BCUT2D eigenvalue weighted by atomic mass is 80.0. The first-order valence-electron chi connectivity index (χ1n) is 1.50. The smallest absolute Gasteiger partial charge is 0.199 e. The third-order valence-electron chi connectivity index (χ3n) is 0.280. The van der Waals surface area contributed by atoms with E-state index >= 15 is 0 Å². The lowest BCUT2D eigenvalue weighted by molar-refractivity contribution is 1.48. The SMILES string of the molecule is N#CC[Si](Br)(Br)Br. The van der Waals surface area contributed by atoms with E-state index in [-0.39, 0.29) is 0 Å². The quantitative estimate of drug-likeness (QED) is 0.540. The van der Waals surface area contributed by atoms with E-state index in [2.05, 4.69) is 45.9 Å². The first-order chi connectivity index (χ1) is 3.06. The van der Waals surface area contributed by atoms with E-state index in [4.69, 9.17) is 5.26 Å². The van der Waals surface area contributed by atoms with E-state index < -0.39 is 3.93 Å². The van der Waals surface area contributed by atoms with E-state index in [0.29, 0.717) is 6.04 Å². The highest BCUT2D eigenvalue weighted by Gasteiger charge is 2.20. The topological polar surface area (TPSA) is 23.8 Å². The highest BCUT2D eigenvalue weighted by Crippen LogP contribution is 2.30. The molecule has 0 spiro atoms. The monoisotopic (exact) mass is 305 g/mol. The van der Waals surface area contributed by atoms with Crippen LogP contribution in [0, 0.1) is 11.3 Å². The van der Waals surface area contributed by atoms with Crippen molar-refractivity contribution in [2.45, 2.75) is 6.04 Å². The Morgan fingerprint density at radius 1 is 1.43 bits per heavy atom. The minimum absolute atomic E-state index is 0.535. The van der Waals surface area contributed by atoms with Crippen molar-refractivity contribution in [1.82, 2.24) is 0 Å². The van der Waals surface area contributed by atoms with Gasteiger partial charge in [-0.15, -0.1) is 0 Å². The molecule has 0 heterocycles. The van der Waals surface area contributed by atoms with E-state index in [1.165, 1.54) is 0 Å². The summed E-state index contributed by atoms with van der Waals surface area (Å²) in [5.74, 6) is 0. The summed E-state index contributed by atoms with van der Waals surface area (Å²) < 4.78 is -1.58. The summed E-state index contributed by atoms with van der Waals surface area (Å²) in [7, 11) is 0. The number of nitriles is 1. The minimum Gasteiger partial charge on any atom is -0.199 e. The third kappa shape index (κ3) is 7.15. The van der Waals surface area contributed by atoms with Gasteiger partial charge in [0.15, 0.2) is 0 Å². The van der Waals surface area contributed by atoms with E-state index in [1.807, 2.05) is 6.07 Å². The molecule has 1 nitrogen and oxygen atoms in total. The average molecular weight is 308 g/mol. The number of nitrogens with zero attached hydrogens (tertiary/aromatic N) is 1. The second kappa shape index (κ2) is 3.23. The van der Waals surface area contributed by atoms with Crippen molar-refractivity contribution in [2.75, 3.05) is 0 Å². The van der Waals surface area contributed by atoms with Crippen molar-refractivity contribution in [3.8, 4) is 6.07 Å². The predicted molar refractivity (Wildman–Crippen MR) is 43.0 cm³/mol. The van der Waals surface area contributed by atoms with Gasteiger partial charge in [-0.3, -0.25) is 0 Å². The first-order valence-corrected chi connectivity index (χ1v) is 10.5. The van der Waals surface area contributed by atoms with Gasteiger partial charge in [-0.05, 0) is 0 Å². The molecule has 0 radical (unpaired) electrons. The molecule has 7 heavy (non-hydrogen) atoms. The van der Waals surface area contributed by atoms with Crippen LogP contribution in [0.3, 0.4) is 0 Å². The van der Waals surface area contributed by atoms with Gasteiger partial charge in [0.05, 0.1) is 12.1 Å². The highest BCUT2D eigenvalue weighted by molar-refractivity contribution is 9.72. The average Bonchev–Trinajstić information content (AvgIpc) is 1.30. The lowest BCUT2D eigenvalue weighted by Crippen LogP contribution is -2.02. The van der Waals surface area contributed by atoms with Crippen molar-refractivity contribution in [3.05, 3.63) is 0 Å². The molecule has 0 aliphatic heterocycles. The summed E-state index contributed by atoms with van der Waals surface area (Å²) in [5.41, 5.74) is 0. The van der Waals surface area contributed by atoms with Gasteiger partial charge < -0.3 is 0 Å². The Hall–Kier alpha value is 1.15. The molecule has 0 bridgehead atoms. The lowest BCUT2D eigenvalue weighted by atomic mass is 10.9. The van der Waals surface area contributed by atoms with Gasteiger partial charge >= 0.3 is 0 Å². The van der Waals surface area contributed by atoms with Crippen LogP contribution in [0.5, 0.6) is 0 Å². The molecule has 0 N–H and O–H groups in total. The fraction of sp³-hybridized carbons (Fsp3) is 0.500. The minimum atomic E-state index is -1.58. The summed E-state index contributed by atoms with van der Waals surface area (Å²) in [6.07, 6.45) is 0. The number of hydrogen-bond donors (Lipinski definition) is 0. The number of rotatable bonds is 1. The van der Waals surface area contributed by atoms with Crippen molar-refractivity contribution in [3.63, 3.8) is 0 Å². The molecule has 5 heteroatoms. The van der Waals surface area contributed by atoms with Gasteiger partial charge in [0.25, 0.3) is 3.93 Å². The molecular formula is C2H2Br3NSi. The standard InChI is InChI=1S/C2H2Br3NSi/c3-7(4,5)2-1-6/h2H2. The molecule has 0 fully saturated rings. The van der Waals surface area contributed by atoms with Crippen LogP contribution in [0.2, 0.25) is 6.04 Å². The first kappa shape index (κ1) is 8.15. The van der Waals surface area contributed by atoms with Crippen LogP contribution in [0.25, 0.3) is 0 Å². The lowest BCUT2D eigenvalue weighted by Gasteiger charge is -1.98. The maximum absolute atomic E-state index is 8.10. The molecule has 40 valence electrons. The van der Waals surface area contributed by atoms with Crippen LogP contribution in [-0.2, 0) is 0 Å². The second-order valence-corrected chi connectivity index (χ2v) is 24.3. The zero-order valence-electron chi connectivity index (χ0n) is 3.29. The second-order valence-electron chi connectivity index (χ2n) is 0.950. The zero-order valence-corrected chi connectivity index (χ0v) is 9.05. The summed E-state index contributed by atoms with van der Waals surface area (Å²) in [4.78, 5) is 0. The van der Waals surface area contributed by atoms with Crippen LogP contribution in [0.15, 0.2) is 0 Å². The normalized spacial score (nSPS) is 10.6. The Balaban J connectivity index is 3.40. The largest absolute Gasteiger partial charge is 0.280 e. The number of halogens is 3. The molecule has 0 saturated heterocycles. The van der Waals surface area contributed by atoms with E-state index in [9.17, 15) is 0 Å². The molecule has 0 aromatic carbocycles.